The van der Waals surface area contributed by atoms with Crippen LogP contribution in [-0.4, -0.2) is 24.4 Å². The van der Waals surface area contributed by atoms with E-state index in [1.165, 1.54) is 12.1 Å². The van der Waals surface area contributed by atoms with Gasteiger partial charge in [0.05, 0.1) is 11.5 Å². The van der Waals surface area contributed by atoms with Crippen molar-refractivity contribution in [2.45, 2.75) is 0 Å². The average molecular weight is 233 g/mol. The van der Waals surface area contributed by atoms with Gasteiger partial charge < -0.3 is 11.1 Å². The molecule has 0 aliphatic rings. The summed E-state index contributed by atoms with van der Waals surface area (Å²) in [6.07, 6.45) is 0. The first-order valence-corrected chi connectivity index (χ1v) is 4.77. The van der Waals surface area contributed by atoms with Crippen molar-refractivity contribution in [2.75, 3.05) is 13.6 Å². The molecule has 6 nitrogen and oxygen atoms in total. The van der Waals surface area contributed by atoms with Crippen LogP contribution in [0.5, 0.6) is 0 Å². The molecule has 0 aliphatic heterocycles. The smallest absolute Gasteiger partial charge is 0.271 e. The SMILES string of the molecule is CNCC#Cc1cc(C(N)=O)cc([N+](=O)[O-])c1. The number of hydrogen-bond donors (Lipinski definition) is 2. The van der Waals surface area contributed by atoms with E-state index in [0.717, 1.165) is 6.07 Å². The zero-order chi connectivity index (χ0) is 12.8. The molecule has 0 fully saturated rings. The number of carbonyl (C=O) groups is 1. The summed E-state index contributed by atoms with van der Waals surface area (Å²) in [6, 6.07) is 3.86. The molecule has 1 amide bonds. The number of nitrogens with zero attached hydrogens (tertiary/aromatic N) is 1. The minimum atomic E-state index is -0.717. The molecule has 88 valence electrons. The summed E-state index contributed by atoms with van der Waals surface area (Å²) in [7, 11) is 1.73. The monoisotopic (exact) mass is 233 g/mol. The second-order valence-corrected chi connectivity index (χ2v) is 3.22. The number of carbonyl (C=O) groups excluding carboxylic acids is 1. The molecular weight excluding hydrogens is 222 g/mol. The molecule has 3 N–H and O–H groups in total. The maximum absolute atomic E-state index is 11.0. The average Bonchev–Trinajstić information content (AvgIpc) is 2.29. The van der Waals surface area contributed by atoms with Crippen molar-refractivity contribution in [1.29, 1.82) is 0 Å². The van der Waals surface area contributed by atoms with Crippen molar-refractivity contribution < 1.29 is 9.72 Å². The molecule has 0 saturated heterocycles. The van der Waals surface area contributed by atoms with Crippen LogP contribution in [0.3, 0.4) is 0 Å². The molecule has 6 heteroatoms. The molecular formula is C11H11N3O3. The van der Waals surface area contributed by atoms with E-state index in [4.69, 9.17) is 5.73 Å². The number of nitro benzene ring substituents is 1. The summed E-state index contributed by atoms with van der Waals surface area (Å²) in [5.74, 6) is 4.74. The molecule has 0 spiro atoms. The van der Waals surface area contributed by atoms with Gasteiger partial charge in [0.2, 0.25) is 5.91 Å². The van der Waals surface area contributed by atoms with Crippen molar-refractivity contribution in [3.63, 3.8) is 0 Å². The number of benzene rings is 1. The van der Waals surface area contributed by atoms with E-state index >= 15 is 0 Å². The van der Waals surface area contributed by atoms with Gasteiger partial charge in [0.25, 0.3) is 5.69 Å². The number of non-ortho nitro benzene ring substituents is 1. The highest BCUT2D eigenvalue weighted by molar-refractivity contribution is 5.93. The Morgan fingerprint density at radius 2 is 2.24 bits per heavy atom. The summed E-state index contributed by atoms with van der Waals surface area (Å²) in [5, 5.41) is 13.5. The quantitative estimate of drug-likeness (QED) is 0.444. The van der Waals surface area contributed by atoms with Gasteiger partial charge in [-0.05, 0) is 13.1 Å². The lowest BCUT2D eigenvalue weighted by atomic mass is 10.1. The molecule has 0 unspecified atom stereocenters. The maximum Gasteiger partial charge on any atom is 0.271 e. The van der Waals surface area contributed by atoms with Crippen LogP contribution in [0.15, 0.2) is 18.2 Å². The third-order valence-electron chi connectivity index (χ3n) is 1.91. The van der Waals surface area contributed by atoms with E-state index in [1.54, 1.807) is 7.05 Å². The molecule has 0 heterocycles. The molecule has 1 aromatic rings. The number of rotatable bonds is 3. The molecule has 0 aromatic heterocycles. The van der Waals surface area contributed by atoms with Crippen molar-refractivity contribution in [3.05, 3.63) is 39.4 Å². The summed E-state index contributed by atoms with van der Waals surface area (Å²) in [4.78, 5) is 21.1. The molecule has 0 aliphatic carbocycles. The van der Waals surface area contributed by atoms with Crippen LogP contribution in [0.25, 0.3) is 0 Å². The van der Waals surface area contributed by atoms with Gasteiger partial charge in [0.15, 0.2) is 0 Å². The van der Waals surface area contributed by atoms with Crippen LogP contribution in [0.1, 0.15) is 15.9 Å². The van der Waals surface area contributed by atoms with E-state index < -0.39 is 10.8 Å². The van der Waals surface area contributed by atoms with E-state index in [-0.39, 0.29) is 11.3 Å². The lowest BCUT2D eigenvalue weighted by Crippen LogP contribution is -2.11. The fourth-order valence-corrected chi connectivity index (χ4v) is 1.17. The first kappa shape index (κ1) is 12.7. The van der Waals surface area contributed by atoms with Crippen molar-refractivity contribution in [3.8, 4) is 11.8 Å². The maximum atomic E-state index is 11.0. The Kier molecular flexibility index (Phi) is 4.20. The molecule has 0 atom stereocenters. The van der Waals surface area contributed by atoms with Crippen LogP contribution < -0.4 is 11.1 Å². The van der Waals surface area contributed by atoms with Gasteiger partial charge in [-0.1, -0.05) is 11.8 Å². The van der Waals surface area contributed by atoms with Gasteiger partial charge in [-0.15, -0.1) is 0 Å². The first-order chi connectivity index (χ1) is 8.04. The van der Waals surface area contributed by atoms with Crippen LogP contribution in [-0.2, 0) is 0 Å². The Labute approximate surface area is 98.0 Å². The Bertz CT molecular complexity index is 482. The third kappa shape index (κ3) is 3.59. The molecule has 0 radical (unpaired) electrons. The van der Waals surface area contributed by atoms with Crippen molar-refractivity contribution in [1.82, 2.24) is 5.32 Å². The standard InChI is InChI=1S/C11H11N3O3/c1-13-4-2-3-8-5-9(11(12)15)7-10(6-8)14(16)17/h5-7,13H,4H2,1H3,(H2,12,15). The normalized spacial score (nSPS) is 9.24. The topological polar surface area (TPSA) is 98.3 Å². The zero-order valence-corrected chi connectivity index (χ0v) is 9.19. The summed E-state index contributed by atoms with van der Waals surface area (Å²) in [5.41, 5.74) is 5.35. The van der Waals surface area contributed by atoms with E-state index in [9.17, 15) is 14.9 Å². The van der Waals surface area contributed by atoms with E-state index in [0.29, 0.717) is 12.1 Å². The number of nitrogens with one attached hydrogen (secondary N) is 1. The van der Waals surface area contributed by atoms with Crippen LogP contribution in [0.4, 0.5) is 5.69 Å². The second kappa shape index (κ2) is 5.63. The highest BCUT2D eigenvalue weighted by Gasteiger charge is 2.11. The Morgan fingerprint density at radius 1 is 1.53 bits per heavy atom. The lowest BCUT2D eigenvalue weighted by molar-refractivity contribution is -0.384. The van der Waals surface area contributed by atoms with E-state index in [2.05, 4.69) is 17.2 Å². The second-order valence-electron chi connectivity index (χ2n) is 3.22. The number of nitro groups is 1. The summed E-state index contributed by atoms with van der Waals surface area (Å²) >= 11 is 0. The van der Waals surface area contributed by atoms with Crippen LogP contribution in [0, 0.1) is 22.0 Å². The van der Waals surface area contributed by atoms with Gasteiger partial charge in [0, 0.05) is 23.3 Å². The van der Waals surface area contributed by atoms with Gasteiger partial charge in [-0.25, -0.2) is 0 Å². The van der Waals surface area contributed by atoms with Crippen LogP contribution in [0.2, 0.25) is 0 Å². The molecule has 17 heavy (non-hydrogen) atoms. The number of amides is 1. The number of hydrogen-bond acceptors (Lipinski definition) is 4. The van der Waals surface area contributed by atoms with Crippen LogP contribution >= 0.6 is 0 Å². The Morgan fingerprint density at radius 3 is 2.76 bits per heavy atom. The highest BCUT2D eigenvalue weighted by atomic mass is 16.6. The predicted molar refractivity (Wildman–Crippen MR) is 62.4 cm³/mol. The van der Waals surface area contributed by atoms with Gasteiger partial charge in [-0.3, -0.25) is 14.9 Å². The minimum absolute atomic E-state index is 0.0768. The third-order valence-corrected chi connectivity index (χ3v) is 1.91. The van der Waals surface area contributed by atoms with Gasteiger partial charge in [0.1, 0.15) is 0 Å². The van der Waals surface area contributed by atoms with Gasteiger partial charge in [-0.2, -0.15) is 0 Å². The molecule has 0 bridgehead atoms. The predicted octanol–water partition coefficient (Wildman–Crippen LogP) is 0.265. The number of nitrogens with two attached hydrogens (primary N) is 1. The van der Waals surface area contributed by atoms with Gasteiger partial charge >= 0.3 is 0 Å². The zero-order valence-electron chi connectivity index (χ0n) is 9.19. The number of primary amides is 1. The van der Waals surface area contributed by atoms with Crippen molar-refractivity contribution >= 4 is 11.6 Å². The Balaban J connectivity index is 3.18. The minimum Gasteiger partial charge on any atom is -0.366 e. The molecule has 1 aromatic carbocycles. The summed E-state index contributed by atoms with van der Waals surface area (Å²) < 4.78 is 0. The molecule has 1 rings (SSSR count). The fourth-order valence-electron chi connectivity index (χ4n) is 1.17. The lowest BCUT2D eigenvalue weighted by Gasteiger charge is -1.98. The van der Waals surface area contributed by atoms with Crippen molar-refractivity contribution in [2.24, 2.45) is 5.73 Å². The van der Waals surface area contributed by atoms with E-state index in [1.807, 2.05) is 0 Å². The fraction of sp³-hybridized carbons (Fsp3) is 0.182. The highest BCUT2D eigenvalue weighted by Crippen LogP contribution is 2.16. The molecule has 0 saturated carbocycles. The largest absolute Gasteiger partial charge is 0.366 e. The Hall–Kier alpha value is -2.39. The first-order valence-electron chi connectivity index (χ1n) is 4.77. The summed E-state index contributed by atoms with van der Waals surface area (Å²) in [6.45, 7) is 0.453.